The van der Waals surface area contributed by atoms with Gasteiger partial charge in [0.05, 0.1) is 17.3 Å². The minimum absolute atomic E-state index is 0.199. The number of pyridine rings is 1. The molecule has 3 rings (SSSR count). The predicted octanol–water partition coefficient (Wildman–Crippen LogP) is 0.768. The van der Waals surface area contributed by atoms with Crippen molar-refractivity contribution < 1.29 is 12.9 Å². The number of likely N-dealkylation sites (N-methyl/N-ethyl adjacent to an activating group) is 1. The van der Waals surface area contributed by atoms with Crippen molar-refractivity contribution in [3.8, 4) is 0 Å². The molecule has 8 heteroatoms. The first-order valence-corrected chi connectivity index (χ1v) is 8.42. The number of nitrogens with zero attached hydrogens (tertiary/aromatic N) is 3. The molecule has 0 saturated carbocycles. The summed E-state index contributed by atoms with van der Waals surface area (Å²) in [4.78, 5) is 4.27. The summed E-state index contributed by atoms with van der Waals surface area (Å²) < 4.78 is 31.9. The lowest BCUT2D eigenvalue weighted by atomic mass is 10.2. The van der Waals surface area contributed by atoms with Crippen LogP contribution in [0, 0.1) is 0 Å². The average molecular weight is 310 g/mol. The Morgan fingerprint density at radius 3 is 3.00 bits per heavy atom. The molecule has 2 aromatic rings. The molecule has 114 valence electrons. The van der Waals surface area contributed by atoms with E-state index in [0.717, 1.165) is 12.1 Å². The fraction of sp³-hybridized carbons (Fsp3) is 0.538. The monoisotopic (exact) mass is 310 g/mol. The molecule has 1 unspecified atom stereocenters. The van der Waals surface area contributed by atoms with E-state index in [1.165, 1.54) is 10.5 Å². The number of aromatic nitrogens is 2. The lowest BCUT2D eigenvalue weighted by Crippen LogP contribution is -2.33. The van der Waals surface area contributed by atoms with E-state index in [4.69, 9.17) is 4.52 Å². The molecule has 1 aliphatic heterocycles. The van der Waals surface area contributed by atoms with Gasteiger partial charge in [0.15, 0.2) is 0 Å². The summed E-state index contributed by atoms with van der Waals surface area (Å²) in [6.45, 7) is 2.95. The van der Waals surface area contributed by atoms with Crippen molar-refractivity contribution in [3.63, 3.8) is 0 Å². The van der Waals surface area contributed by atoms with E-state index >= 15 is 0 Å². The second-order valence-electron chi connectivity index (χ2n) is 5.14. The Morgan fingerprint density at radius 1 is 1.52 bits per heavy atom. The topological polar surface area (TPSA) is 88.3 Å². The molecule has 1 N–H and O–H groups in total. The first kappa shape index (κ1) is 14.4. The summed E-state index contributed by atoms with van der Waals surface area (Å²) in [6.07, 6.45) is 2.83. The van der Waals surface area contributed by atoms with Crippen molar-refractivity contribution in [3.05, 3.63) is 18.0 Å². The second-order valence-corrected chi connectivity index (χ2v) is 7.08. The smallest absolute Gasteiger partial charge is 0.258 e. The molecule has 3 heterocycles. The summed E-state index contributed by atoms with van der Waals surface area (Å²) in [6, 6.07) is 1.82. The van der Waals surface area contributed by atoms with Crippen LogP contribution >= 0.6 is 0 Å². The number of sulfonamides is 1. The van der Waals surface area contributed by atoms with Gasteiger partial charge in [0.2, 0.25) is 10.0 Å². The number of hydrogen-bond donors (Lipinski definition) is 1. The fourth-order valence-corrected chi connectivity index (χ4v) is 4.06. The summed E-state index contributed by atoms with van der Waals surface area (Å²) in [5, 5.41) is 7.69. The SMILES string of the molecule is CCc1noc2ncc(S(=O)(=O)N3CCC(NC)C3)cc12. The second kappa shape index (κ2) is 5.36. The minimum Gasteiger partial charge on any atom is -0.336 e. The molecule has 0 amide bonds. The van der Waals surface area contributed by atoms with Gasteiger partial charge in [0, 0.05) is 19.1 Å². The first-order valence-electron chi connectivity index (χ1n) is 6.98. The Bertz CT molecular complexity index is 756. The van der Waals surface area contributed by atoms with Gasteiger partial charge in [0.25, 0.3) is 5.71 Å². The molecule has 2 aromatic heterocycles. The van der Waals surface area contributed by atoms with E-state index in [0.29, 0.717) is 30.6 Å². The maximum absolute atomic E-state index is 12.7. The molecule has 1 fully saturated rings. The van der Waals surface area contributed by atoms with Crippen molar-refractivity contribution in [1.82, 2.24) is 19.8 Å². The van der Waals surface area contributed by atoms with Crippen molar-refractivity contribution in [1.29, 1.82) is 0 Å². The third-order valence-corrected chi connectivity index (χ3v) is 5.74. The van der Waals surface area contributed by atoms with Crippen molar-refractivity contribution in [2.24, 2.45) is 0 Å². The maximum Gasteiger partial charge on any atom is 0.258 e. The molecular formula is C13H18N4O3S. The minimum atomic E-state index is -3.51. The number of hydrogen-bond acceptors (Lipinski definition) is 6. The number of aryl methyl sites for hydroxylation is 1. The highest BCUT2D eigenvalue weighted by Gasteiger charge is 2.32. The Hall–Kier alpha value is -1.51. The number of nitrogens with one attached hydrogen (secondary N) is 1. The molecule has 0 spiro atoms. The molecule has 1 saturated heterocycles. The van der Waals surface area contributed by atoms with Crippen LogP contribution in [0.25, 0.3) is 11.1 Å². The van der Waals surface area contributed by atoms with Crippen LogP contribution in [0.15, 0.2) is 21.7 Å². The van der Waals surface area contributed by atoms with Gasteiger partial charge < -0.3 is 9.84 Å². The molecule has 0 radical (unpaired) electrons. The van der Waals surface area contributed by atoms with Crippen LogP contribution in [0.4, 0.5) is 0 Å². The van der Waals surface area contributed by atoms with Crippen molar-refractivity contribution >= 4 is 21.1 Å². The van der Waals surface area contributed by atoms with Crippen LogP contribution in [0.5, 0.6) is 0 Å². The van der Waals surface area contributed by atoms with Crippen molar-refractivity contribution in [2.75, 3.05) is 20.1 Å². The lowest BCUT2D eigenvalue weighted by molar-refractivity contribution is 0.439. The Balaban J connectivity index is 1.99. The summed E-state index contributed by atoms with van der Waals surface area (Å²) in [7, 11) is -1.67. The van der Waals surface area contributed by atoms with Gasteiger partial charge in [-0.1, -0.05) is 12.1 Å². The zero-order valence-corrected chi connectivity index (χ0v) is 12.9. The highest BCUT2D eigenvalue weighted by atomic mass is 32.2. The standard InChI is InChI=1S/C13H18N4O3S/c1-3-12-11-6-10(7-15-13(11)20-16-12)21(18,19)17-5-4-9(8-17)14-2/h6-7,9,14H,3-5,8H2,1-2H3. The molecule has 0 bridgehead atoms. The van der Waals surface area contributed by atoms with E-state index in [-0.39, 0.29) is 10.9 Å². The molecule has 0 aromatic carbocycles. The molecule has 0 aliphatic carbocycles. The highest BCUT2D eigenvalue weighted by molar-refractivity contribution is 7.89. The predicted molar refractivity (Wildman–Crippen MR) is 77.4 cm³/mol. The number of rotatable bonds is 4. The third kappa shape index (κ3) is 2.43. The van der Waals surface area contributed by atoms with Crippen LogP contribution in [0.3, 0.4) is 0 Å². The van der Waals surface area contributed by atoms with Gasteiger partial charge in [-0.25, -0.2) is 13.4 Å². The lowest BCUT2D eigenvalue weighted by Gasteiger charge is -2.16. The van der Waals surface area contributed by atoms with E-state index < -0.39 is 10.0 Å². The number of fused-ring (bicyclic) bond motifs is 1. The summed E-state index contributed by atoms with van der Waals surface area (Å²) in [5.74, 6) is 0. The molecule has 1 aliphatic rings. The largest absolute Gasteiger partial charge is 0.336 e. The molecular weight excluding hydrogens is 292 g/mol. The van der Waals surface area contributed by atoms with Gasteiger partial charge in [-0.05, 0) is 26.0 Å². The highest BCUT2D eigenvalue weighted by Crippen LogP contribution is 2.25. The van der Waals surface area contributed by atoms with E-state index in [9.17, 15) is 8.42 Å². The average Bonchev–Trinajstić information content (AvgIpc) is 3.13. The van der Waals surface area contributed by atoms with Gasteiger partial charge in [-0.15, -0.1) is 0 Å². The maximum atomic E-state index is 12.7. The first-order chi connectivity index (χ1) is 10.1. The summed E-state index contributed by atoms with van der Waals surface area (Å²) in [5.41, 5.74) is 1.10. The van der Waals surface area contributed by atoms with Crippen LogP contribution in [-0.2, 0) is 16.4 Å². The van der Waals surface area contributed by atoms with Crippen molar-refractivity contribution in [2.45, 2.75) is 30.7 Å². The zero-order valence-electron chi connectivity index (χ0n) is 12.0. The van der Waals surface area contributed by atoms with Crippen LogP contribution in [0.1, 0.15) is 19.0 Å². The normalized spacial score (nSPS) is 20.4. The van der Waals surface area contributed by atoms with Crippen LogP contribution < -0.4 is 5.32 Å². The van der Waals surface area contributed by atoms with Gasteiger partial charge in [0.1, 0.15) is 4.90 Å². The van der Waals surface area contributed by atoms with E-state index in [2.05, 4.69) is 15.5 Å². The molecule has 21 heavy (non-hydrogen) atoms. The Labute approximate surface area is 123 Å². The van der Waals surface area contributed by atoms with E-state index in [1.807, 2.05) is 14.0 Å². The van der Waals surface area contributed by atoms with Gasteiger partial charge in [-0.3, -0.25) is 0 Å². The van der Waals surface area contributed by atoms with Crippen LogP contribution in [-0.4, -0.2) is 49.0 Å². The zero-order chi connectivity index (χ0) is 15.0. The molecule has 1 atom stereocenters. The summed E-state index contributed by atoms with van der Waals surface area (Å²) >= 11 is 0. The fourth-order valence-electron chi connectivity index (χ4n) is 2.59. The third-order valence-electron chi connectivity index (χ3n) is 3.91. The Kier molecular flexibility index (Phi) is 3.68. The van der Waals surface area contributed by atoms with E-state index in [1.54, 1.807) is 6.07 Å². The molecule has 7 nitrogen and oxygen atoms in total. The Morgan fingerprint density at radius 2 is 2.33 bits per heavy atom. The van der Waals surface area contributed by atoms with Gasteiger partial charge >= 0.3 is 0 Å². The quantitative estimate of drug-likeness (QED) is 0.897. The van der Waals surface area contributed by atoms with Gasteiger partial charge in [-0.2, -0.15) is 4.31 Å². The van der Waals surface area contributed by atoms with Crippen LogP contribution in [0.2, 0.25) is 0 Å².